The molecule has 1 aliphatic rings. The average molecular weight is 325 g/mol. The van der Waals surface area contributed by atoms with Gasteiger partial charge in [-0.1, -0.05) is 25.4 Å². The fourth-order valence-corrected chi connectivity index (χ4v) is 2.79. The van der Waals surface area contributed by atoms with E-state index in [9.17, 15) is 0 Å². The van der Waals surface area contributed by atoms with E-state index in [-0.39, 0.29) is 11.2 Å². The number of anilines is 1. The van der Waals surface area contributed by atoms with Crippen molar-refractivity contribution in [2.24, 2.45) is 5.92 Å². The van der Waals surface area contributed by atoms with Gasteiger partial charge in [0.05, 0.1) is 16.2 Å². The molecule has 0 radical (unpaired) electrons. The second-order valence-corrected chi connectivity index (χ2v) is 7.84. The molecule has 2 heterocycles. The minimum absolute atomic E-state index is 0.364. The lowest BCUT2D eigenvalue weighted by Crippen LogP contribution is -2.41. The van der Waals surface area contributed by atoms with Crippen molar-refractivity contribution in [3.05, 3.63) is 17.3 Å². The molecule has 1 aromatic heterocycles. The molecule has 122 valence electrons. The van der Waals surface area contributed by atoms with Gasteiger partial charge in [-0.15, -0.1) is 0 Å². The van der Waals surface area contributed by atoms with Gasteiger partial charge in [0.1, 0.15) is 5.82 Å². The van der Waals surface area contributed by atoms with Crippen LogP contribution < -0.4 is 10.4 Å². The molecular formula is C16H26BClN2O2. The van der Waals surface area contributed by atoms with Gasteiger partial charge in [-0.05, 0) is 39.7 Å². The summed E-state index contributed by atoms with van der Waals surface area (Å²) < 4.78 is 12.1. The molecule has 0 amide bonds. The van der Waals surface area contributed by atoms with Crippen LogP contribution in [-0.4, -0.2) is 36.9 Å². The largest absolute Gasteiger partial charge is 0.496 e. The van der Waals surface area contributed by atoms with Gasteiger partial charge in [0.2, 0.25) is 0 Å². The zero-order valence-electron chi connectivity index (χ0n) is 14.6. The van der Waals surface area contributed by atoms with Crippen LogP contribution >= 0.6 is 11.6 Å². The van der Waals surface area contributed by atoms with E-state index in [2.05, 4.69) is 23.7 Å². The van der Waals surface area contributed by atoms with E-state index in [4.69, 9.17) is 20.9 Å². The molecule has 1 aromatic rings. The Labute approximate surface area is 139 Å². The standard InChI is InChI=1S/C16H26BClN2O2/c1-11(2)10-20(7)14-13(18)8-12(9-19-14)17-21-15(3,4)16(5,6)22-17/h8-9,11H,10H2,1-7H3. The molecule has 1 aliphatic heterocycles. The highest BCUT2D eigenvalue weighted by molar-refractivity contribution is 6.62. The molecule has 6 heteroatoms. The second kappa shape index (κ2) is 6.02. The summed E-state index contributed by atoms with van der Waals surface area (Å²) in [5, 5.41) is 0.621. The van der Waals surface area contributed by atoms with Crippen LogP contribution in [0.2, 0.25) is 5.02 Å². The molecule has 0 N–H and O–H groups in total. The van der Waals surface area contributed by atoms with Crippen LogP contribution in [0, 0.1) is 5.92 Å². The number of hydrogen-bond acceptors (Lipinski definition) is 4. The molecule has 0 spiro atoms. The Kier molecular flexibility index (Phi) is 4.81. The van der Waals surface area contributed by atoms with Gasteiger partial charge in [0.25, 0.3) is 0 Å². The minimum atomic E-state index is -0.431. The van der Waals surface area contributed by atoms with Gasteiger partial charge in [-0.25, -0.2) is 4.98 Å². The van der Waals surface area contributed by atoms with Gasteiger partial charge in [-0.3, -0.25) is 0 Å². The molecule has 2 rings (SSSR count). The molecule has 0 bridgehead atoms. The Morgan fingerprint density at radius 1 is 1.23 bits per heavy atom. The summed E-state index contributed by atoms with van der Waals surface area (Å²) in [5.41, 5.74) is 0.124. The van der Waals surface area contributed by atoms with E-state index >= 15 is 0 Å². The lowest BCUT2D eigenvalue weighted by molar-refractivity contribution is 0.00578. The fourth-order valence-electron chi connectivity index (χ4n) is 2.47. The van der Waals surface area contributed by atoms with Crippen molar-refractivity contribution in [3.8, 4) is 0 Å². The van der Waals surface area contributed by atoms with E-state index in [0.29, 0.717) is 10.9 Å². The zero-order chi connectivity index (χ0) is 16.7. The van der Waals surface area contributed by atoms with Gasteiger partial charge >= 0.3 is 7.12 Å². The number of pyridine rings is 1. The van der Waals surface area contributed by atoms with Crippen LogP contribution in [0.3, 0.4) is 0 Å². The normalized spacial score (nSPS) is 19.8. The smallest absolute Gasteiger partial charge is 0.399 e. The Hall–Kier alpha value is -0.775. The van der Waals surface area contributed by atoms with Crippen LogP contribution in [0.15, 0.2) is 12.3 Å². The summed E-state index contributed by atoms with van der Waals surface area (Å²) in [4.78, 5) is 6.58. The Balaban J connectivity index is 2.20. The molecule has 0 aromatic carbocycles. The molecule has 1 saturated heterocycles. The summed E-state index contributed by atoms with van der Waals surface area (Å²) in [5.74, 6) is 1.33. The molecule has 0 unspecified atom stereocenters. The van der Waals surface area contributed by atoms with Gasteiger partial charge in [0.15, 0.2) is 0 Å². The van der Waals surface area contributed by atoms with Crippen molar-refractivity contribution in [1.82, 2.24) is 4.98 Å². The quantitative estimate of drug-likeness (QED) is 0.797. The minimum Gasteiger partial charge on any atom is -0.399 e. The maximum atomic E-state index is 6.41. The summed E-state index contributed by atoms with van der Waals surface area (Å²) in [7, 11) is 1.57. The number of aromatic nitrogens is 1. The van der Waals surface area contributed by atoms with Crippen LogP contribution in [0.5, 0.6) is 0 Å². The third kappa shape index (κ3) is 3.42. The van der Waals surface area contributed by atoms with E-state index < -0.39 is 7.12 Å². The highest BCUT2D eigenvalue weighted by atomic mass is 35.5. The number of hydrogen-bond donors (Lipinski definition) is 0. The molecule has 1 fully saturated rings. The summed E-state index contributed by atoms with van der Waals surface area (Å²) in [6.07, 6.45) is 1.79. The number of halogens is 1. The highest BCUT2D eigenvalue weighted by Crippen LogP contribution is 2.36. The van der Waals surface area contributed by atoms with Crippen LogP contribution in [0.25, 0.3) is 0 Å². The molecule has 22 heavy (non-hydrogen) atoms. The van der Waals surface area contributed by atoms with Crippen molar-refractivity contribution < 1.29 is 9.31 Å². The first-order chi connectivity index (χ1) is 10.0. The number of rotatable bonds is 4. The van der Waals surface area contributed by atoms with E-state index in [1.807, 2.05) is 40.8 Å². The Morgan fingerprint density at radius 2 is 1.77 bits per heavy atom. The van der Waals surface area contributed by atoms with Crippen molar-refractivity contribution >= 4 is 30.0 Å². The summed E-state index contributed by atoms with van der Waals surface area (Å²) in [6.45, 7) is 13.4. The maximum absolute atomic E-state index is 6.41. The molecule has 0 saturated carbocycles. The monoisotopic (exact) mass is 324 g/mol. The van der Waals surface area contributed by atoms with E-state index in [1.54, 1.807) is 6.20 Å². The lowest BCUT2D eigenvalue weighted by atomic mass is 9.80. The SMILES string of the molecule is CC(C)CN(C)c1ncc(B2OC(C)(C)C(C)(C)O2)cc1Cl. The third-order valence-electron chi connectivity index (χ3n) is 4.37. The van der Waals surface area contributed by atoms with Crippen molar-refractivity contribution in [1.29, 1.82) is 0 Å². The topological polar surface area (TPSA) is 34.6 Å². The van der Waals surface area contributed by atoms with Crippen LogP contribution in [0.4, 0.5) is 5.82 Å². The predicted octanol–water partition coefficient (Wildman–Crippen LogP) is 3.13. The average Bonchev–Trinajstić information content (AvgIpc) is 2.57. The Bertz CT molecular complexity index is 533. The fraction of sp³-hybridized carbons (Fsp3) is 0.688. The summed E-state index contributed by atoms with van der Waals surface area (Å²) in [6, 6.07) is 1.89. The molecule has 0 aliphatic carbocycles. The van der Waals surface area contributed by atoms with Crippen LogP contribution in [0.1, 0.15) is 41.5 Å². The van der Waals surface area contributed by atoms with Crippen LogP contribution in [-0.2, 0) is 9.31 Å². The first-order valence-electron chi connectivity index (χ1n) is 7.76. The van der Waals surface area contributed by atoms with Crippen molar-refractivity contribution in [3.63, 3.8) is 0 Å². The zero-order valence-corrected chi connectivity index (χ0v) is 15.4. The predicted molar refractivity (Wildman–Crippen MR) is 93.1 cm³/mol. The second-order valence-electron chi connectivity index (χ2n) is 7.44. The van der Waals surface area contributed by atoms with E-state index in [0.717, 1.165) is 17.8 Å². The first-order valence-corrected chi connectivity index (χ1v) is 8.13. The highest BCUT2D eigenvalue weighted by Gasteiger charge is 2.51. The van der Waals surface area contributed by atoms with Crippen molar-refractivity contribution in [2.45, 2.75) is 52.7 Å². The first kappa shape index (κ1) is 17.6. The lowest BCUT2D eigenvalue weighted by Gasteiger charge is -2.32. The third-order valence-corrected chi connectivity index (χ3v) is 4.65. The summed E-state index contributed by atoms with van der Waals surface area (Å²) >= 11 is 6.41. The van der Waals surface area contributed by atoms with Gasteiger partial charge in [-0.2, -0.15) is 0 Å². The molecule has 0 atom stereocenters. The number of nitrogens with zero attached hydrogens (tertiary/aromatic N) is 2. The van der Waals surface area contributed by atoms with Gasteiger partial charge < -0.3 is 14.2 Å². The Morgan fingerprint density at radius 3 is 2.23 bits per heavy atom. The van der Waals surface area contributed by atoms with Gasteiger partial charge in [0, 0.05) is 25.3 Å². The molecule has 4 nitrogen and oxygen atoms in total. The maximum Gasteiger partial charge on any atom is 0.496 e. The van der Waals surface area contributed by atoms with Crippen molar-refractivity contribution in [2.75, 3.05) is 18.5 Å². The van der Waals surface area contributed by atoms with E-state index in [1.165, 1.54) is 0 Å². The molecular weight excluding hydrogens is 298 g/mol.